The molecule has 1 aromatic rings. The molecule has 1 aliphatic carbocycles. The van der Waals surface area contributed by atoms with Crippen molar-refractivity contribution in [3.63, 3.8) is 0 Å². The zero-order chi connectivity index (χ0) is 15.4. The summed E-state index contributed by atoms with van der Waals surface area (Å²) in [4.78, 5) is 35.2. The summed E-state index contributed by atoms with van der Waals surface area (Å²) in [5, 5.41) is 0.694. The van der Waals surface area contributed by atoms with Crippen LogP contribution in [0.25, 0.3) is 6.08 Å². The number of halogens is 2. The topological polar surface area (TPSA) is 51.2 Å². The first-order valence-electron chi connectivity index (χ1n) is 6.09. The van der Waals surface area contributed by atoms with E-state index in [1.54, 1.807) is 18.2 Å². The fourth-order valence-corrected chi connectivity index (χ4v) is 2.16. The van der Waals surface area contributed by atoms with Crippen LogP contribution < -0.4 is 0 Å². The molecule has 5 heteroatoms. The van der Waals surface area contributed by atoms with Gasteiger partial charge in [-0.25, -0.2) is 0 Å². The van der Waals surface area contributed by atoms with Gasteiger partial charge in [-0.1, -0.05) is 53.6 Å². The van der Waals surface area contributed by atoms with Crippen molar-refractivity contribution >= 4 is 46.6 Å². The maximum absolute atomic E-state index is 12.1. The smallest absolute Gasteiger partial charge is 0.222 e. The van der Waals surface area contributed by atoms with E-state index in [1.165, 1.54) is 30.4 Å². The number of hydrogen-bond acceptors (Lipinski definition) is 3. The van der Waals surface area contributed by atoms with Gasteiger partial charge >= 0.3 is 0 Å². The van der Waals surface area contributed by atoms with Crippen LogP contribution in [0.15, 0.2) is 48.6 Å². The number of carbonyl (C=O) groups is 3. The van der Waals surface area contributed by atoms with Crippen molar-refractivity contribution in [3.8, 4) is 0 Å². The Morgan fingerprint density at radius 3 is 2.67 bits per heavy atom. The Morgan fingerprint density at radius 2 is 1.90 bits per heavy atom. The second-order valence-corrected chi connectivity index (χ2v) is 5.11. The first kappa shape index (κ1) is 15.4. The first-order chi connectivity index (χ1) is 10.0. The van der Waals surface area contributed by atoms with Crippen LogP contribution in [-0.4, -0.2) is 17.3 Å². The molecule has 1 unspecified atom stereocenters. The lowest BCUT2D eigenvalue weighted by atomic mass is 9.96. The fourth-order valence-electron chi connectivity index (χ4n) is 1.79. The molecule has 0 spiro atoms. The number of benzene rings is 1. The summed E-state index contributed by atoms with van der Waals surface area (Å²) >= 11 is 11.9. The Labute approximate surface area is 131 Å². The third kappa shape index (κ3) is 3.57. The predicted molar refractivity (Wildman–Crippen MR) is 82.3 cm³/mol. The zero-order valence-corrected chi connectivity index (χ0v) is 12.3. The zero-order valence-electron chi connectivity index (χ0n) is 10.8. The molecule has 0 N–H and O–H groups in total. The lowest BCUT2D eigenvalue weighted by Crippen LogP contribution is -2.26. The van der Waals surface area contributed by atoms with E-state index in [4.69, 9.17) is 23.2 Å². The Bertz CT molecular complexity index is 699. The molecular weight excluding hydrogens is 311 g/mol. The highest BCUT2D eigenvalue weighted by Crippen LogP contribution is 2.26. The molecule has 0 aromatic heterocycles. The van der Waals surface area contributed by atoms with Crippen LogP contribution in [0.5, 0.6) is 0 Å². The van der Waals surface area contributed by atoms with Gasteiger partial charge in [0, 0.05) is 0 Å². The number of carbonyl (C=O) groups excluding carboxylic acids is 3. The summed E-state index contributed by atoms with van der Waals surface area (Å²) in [6.45, 7) is 0. The van der Waals surface area contributed by atoms with Crippen molar-refractivity contribution in [1.29, 1.82) is 0 Å². The molecule has 1 aromatic carbocycles. The molecule has 0 bridgehead atoms. The number of allylic oxidation sites excluding steroid dienone is 5. The lowest BCUT2D eigenvalue weighted by molar-refractivity contribution is -0.138. The largest absolute Gasteiger partial charge is 0.294 e. The van der Waals surface area contributed by atoms with Gasteiger partial charge in [0.25, 0.3) is 0 Å². The van der Waals surface area contributed by atoms with Crippen molar-refractivity contribution in [2.24, 2.45) is 5.92 Å². The van der Waals surface area contributed by atoms with E-state index < -0.39 is 23.3 Å². The molecule has 0 saturated heterocycles. The van der Waals surface area contributed by atoms with E-state index in [-0.39, 0.29) is 0 Å². The Balaban J connectivity index is 2.21. The summed E-state index contributed by atoms with van der Waals surface area (Å²) < 4.78 is 0. The third-order valence-corrected chi connectivity index (χ3v) is 3.74. The van der Waals surface area contributed by atoms with Gasteiger partial charge in [-0.3, -0.25) is 14.4 Å². The van der Waals surface area contributed by atoms with Crippen LogP contribution in [-0.2, 0) is 14.4 Å². The molecule has 0 radical (unpaired) electrons. The number of ketones is 3. The van der Waals surface area contributed by atoms with E-state index >= 15 is 0 Å². The Morgan fingerprint density at radius 1 is 1.14 bits per heavy atom. The predicted octanol–water partition coefficient (Wildman–Crippen LogP) is 3.46. The lowest BCUT2D eigenvalue weighted by Gasteiger charge is -2.04. The number of Topliss-reactive ketones (excluding diaryl/α,β-unsaturated/α-hetero) is 1. The van der Waals surface area contributed by atoms with Crippen molar-refractivity contribution < 1.29 is 14.4 Å². The Hall–Kier alpha value is -1.97. The van der Waals surface area contributed by atoms with Crippen LogP contribution in [0.3, 0.4) is 0 Å². The van der Waals surface area contributed by atoms with E-state index in [0.717, 1.165) is 6.08 Å². The van der Waals surface area contributed by atoms with Gasteiger partial charge in [-0.05, 0) is 29.9 Å². The quantitative estimate of drug-likeness (QED) is 0.487. The second-order valence-electron chi connectivity index (χ2n) is 4.33. The summed E-state index contributed by atoms with van der Waals surface area (Å²) in [7, 11) is 0. The van der Waals surface area contributed by atoms with Crippen LogP contribution in [0, 0.1) is 5.92 Å². The van der Waals surface area contributed by atoms with Crippen LogP contribution in [0.1, 0.15) is 5.56 Å². The van der Waals surface area contributed by atoms with Gasteiger partial charge in [0.05, 0.1) is 10.0 Å². The molecule has 106 valence electrons. The minimum atomic E-state index is -1.10. The minimum Gasteiger partial charge on any atom is -0.294 e. The van der Waals surface area contributed by atoms with E-state index in [2.05, 4.69) is 0 Å². The average Bonchev–Trinajstić information content (AvgIpc) is 2.63. The summed E-state index contributed by atoms with van der Waals surface area (Å²) in [6.07, 6.45) is 8.18. The first-order valence-corrected chi connectivity index (χ1v) is 6.85. The van der Waals surface area contributed by atoms with Crippen LogP contribution in [0.4, 0.5) is 0 Å². The normalized spacial score (nSPS) is 18.3. The van der Waals surface area contributed by atoms with Crippen LogP contribution >= 0.6 is 23.2 Å². The molecule has 0 aliphatic heterocycles. The summed E-state index contributed by atoms with van der Waals surface area (Å²) in [6, 6.07) is 5.02. The van der Waals surface area contributed by atoms with Gasteiger partial charge in [0.2, 0.25) is 11.6 Å². The molecule has 1 atom stereocenters. The molecule has 0 heterocycles. The molecular formula is C16H10Cl2O3. The van der Waals surface area contributed by atoms with Crippen molar-refractivity contribution in [2.75, 3.05) is 0 Å². The maximum Gasteiger partial charge on any atom is 0.222 e. The maximum atomic E-state index is 12.1. The molecule has 2 rings (SSSR count). The van der Waals surface area contributed by atoms with E-state index in [0.29, 0.717) is 15.6 Å². The van der Waals surface area contributed by atoms with Crippen molar-refractivity contribution in [2.45, 2.75) is 0 Å². The summed E-state index contributed by atoms with van der Waals surface area (Å²) in [5.74, 6) is -3.01. The van der Waals surface area contributed by atoms with Crippen molar-refractivity contribution in [3.05, 3.63) is 64.2 Å². The fraction of sp³-hybridized carbons (Fsp3) is 0.0625. The molecule has 1 aliphatic rings. The van der Waals surface area contributed by atoms with E-state index in [1.807, 2.05) is 0 Å². The van der Waals surface area contributed by atoms with Gasteiger partial charge in [-0.2, -0.15) is 0 Å². The molecule has 0 fully saturated rings. The third-order valence-electron chi connectivity index (χ3n) is 2.90. The highest BCUT2D eigenvalue weighted by Gasteiger charge is 2.27. The van der Waals surface area contributed by atoms with Gasteiger partial charge in [0.1, 0.15) is 5.92 Å². The minimum absolute atomic E-state index is 0.323. The van der Waals surface area contributed by atoms with Gasteiger partial charge in [0.15, 0.2) is 5.78 Å². The number of rotatable bonds is 3. The molecule has 21 heavy (non-hydrogen) atoms. The second kappa shape index (κ2) is 6.66. The highest BCUT2D eigenvalue weighted by atomic mass is 35.5. The SMILES string of the molecule is O=C1C=CC=CC(C(=O)/C=C/c2cccc(Cl)c2Cl)C1=O. The summed E-state index contributed by atoms with van der Waals surface area (Å²) in [5.41, 5.74) is 0.562. The van der Waals surface area contributed by atoms with Gasteiger partial charge in [-0.15, -0.1) is 0 Å². The number of hydrogen-bond donors (Lipinski definition) is 0. The standard InChI is InChI=1S/C16H10Cl2O3/c17-12-6-3-4-10(15(12)18)8-9-13(19)11-5-1-2-7-14(20)16(11)21/h1-9,11H/b9-8+. The van der Waals surface area contributed by atoms with Gasteiger partial charge < -0.3 is 0 Å². The average molecular weight is 321 g/mol. The monoisotopic (exact) mass is 320 g/mol. The molecule has 0 amide bonds. The molecule has 0 saturated carbocycles. The highest BCUT2D eigenvalue weighted by molar-refractivity contribution is 6.46. The van der Waals surface area contributed by atoms with E-state index in [9.17, 15) is 14.4 Å². The van der Waals surface area contributed by atoms with Crippen LogP contribution in [0.2, 0.25) is 10.0 Å². The Kier molecular flexibility index (Phi) is 4.89. The van der Waals surface area contributed by atoms with Crippen molar-refractivity contribution in [1.82, 2.24) is 0 Å². The molecule has 3 nitrogen and oxygen atoms in total.